The van der Waals surface area contributed by atoms with Gasteiger partial charge in [-0.1, -0.05) is 24.3 Å². The van der Waals surface area contributed by atoms with Gasteiger partial charge >= 0.3 is 10.2 Å². The quantitative estimate of drug-likeness (QED) is 0.125. The van der Waals surface area contributed by atoms with Crippen molar-refractivity contribution in [3.63, 3.8) is 0 Å². The Morgan fingerprint density at radius 1 is 0.873 bits per heavy atom. The van der Waals surface area contributed by atoms with Crippen molar-refractivity contribution in [2.75, 3.05) is 48.9 Å². The van der Waals surface area contributed by atoms with Crippen molar-refractivity contribution in [2.24, 2.45) is 0 Å². The van der Waals surface area contributed by atoms with Crippen molar-refractivity contribution in [1.29, 1.82) is 0 Å². The number of carbonyl (C=O) groups is 4. The minimum atomic E-state index is -4.35. The third kappa shape index (κ3) is 7.52. The zero-order valence-electron chi connectivity index (χ0n) is 34.0. The van der Waals surface area contributed by atoms with E-state index in [-0.39, 0.29) is 43.3 Å². The number of anilines is 2. The van der Waals surface area contributed by atoms with Crippen molar-refractivity contribution in [1.82, 2.24) is 29.4 Å². The molecule has 0 bridgehead atoms. The molecule has 2 atom stereocenters. The lowest BCUT2D eigenvalue weighted by atomic mass is 9.87. The van der Waals surface area contributed by atoms with Crippen LogP contribution < -0.4 is 14.9 Å². The summed E-state index contributed by atoms with van der Waals surface area (Å²) in [5.41, 5.74) is 4.02. The van der Waals surface area contributed by atoms with Gasteiger partial charge in [0, 0.05) is 85.3 Å². The van der Waals surface area contributed by atoms with Crippen LogP contribution in [0.5, 0.6) is 0 Å². The fourth-order valence-electron chi connectivity index (χ4n) is 9.63. The summed E-state index contributed by atoms with van der Waals surface area (Å²) in [6.07, 6.45) is 4.18. The van der Waals surface area contributed by atoms with Gasteiger partial charge in [0.15, 0.2) is 5.82 Å². The summed E-state index contributed by atoms with van der Waals surface area (Å²) in [4.78, 5) is 64.7. The molecule has 4 fully saturated rings. The van der Waals surface area contributed by atoms with Crippen molar-refractivity contribution < 1.29 is 40.8 Å². The van der Waals surface area contributed by atoms with Crippen LogP contribution in [0.1, 0.15) is 75.4 Å². The minimum absolute atomic E-state index is 0.00291. The van der Waals surface area contributed by atoms with Gasteiger partial charge in [0.1, 0.15) is 23.7 Å². The van der Waals surface area contributed by atoms with Gasteiger partial charge in [-0.05, 0) is 97.8 Å². The highest BCUT2D eigenvalue weighted by Gasteiger charge is 2.41. The van der Waals surface area contributed by atoms with E-state index in [1.54, 1.807) is 17.2 Å². The number of imide groups is 1. The van der Waals surface area contributed by atoms with Crippen LogP contribution in [0.25, 0.3) is 22.2 Å². The van der Waals surface area contributed by atoms with E-state index < -0.39 is 57.0 Å². The number of aromatic nitrogens is 2. The predicted molar refractivity (Wildman–Crippen MR) is 227 cm³/mol. The summed E-state index contributed by atoms with van der Waals surface area (Å²) in [6, 6.07) is 17.3. The Morgan fingerprint density at radius 3 is 2.38 bits per heavy atom. The monoisotopic (exact) mass is 880 g/mol. The first kappa shape index (κ1) is 40.9. The number of benzene rings is 3. The first-order valence-corrected chi connectivity index (χ1v) is 22.5. The molecule has 0 saturated carbocycles. The Balaban J connectivity index is 0.759. The number of hydrogen-bond acceptors (Lipinski definition) is 9. The number of hydrogen-bond donors (Lipinski definition) is 3. The molecule has 3 aromatic carbocycles. The Bertz CT molecular complexity index is 2810. The van der Waals surface area contributed by atoms with E-state index >= 15 is 8.78 Å². The number of fused-ring (bicyclic) bond motifs is 2. The Kier molecular flexibility index (Phi) is 10.3. The number of rotatable bonds is 10. The van der Waals surface area contributed by atoms with Crippen molar-refractivity contribution in [2.45, 2.75) is 62.8 Å². The molecule has 0 aliphatic carbocycles. The summed E-state index contributed by atoms with van der Waals surface area (Å²) in [7, 11) is -4.35. The van der Waals surface area contributed by atoms with Gasteiger partial charge in [0.2, 0.25) is 17.6 Å². The highest BCUT2D eigenvalue weighted by atomic mass is 32.2. The zero-order valence-corrected chi connectivity index (χ0v) is 34.8. The Morgan fingerprint density at radius 2 is 1.65 bits per heavy atom. The number of pyridine rings is 1. The van der Waals surface area contributed by atoms with Gasteiger partial charge in [-0.3, -0.25) is 34.1 Å². The maximum Gasteiger partial charge on any atom is 0.301 e. The summed E-state index contributed by atoms with van der Waals surface area (Å²) in [5.74, 6) is -4.07. The summed E-state index contributed by atoms with van der Waals surface area (Å²) in [6.45, 7) is 3.56. The number of amides is 3. The van der Waals surface area contributed by atoms with Crippen LogP contribution >= 0.6 is 0 Å². The third-order valence-electron chi connectivity index (χ3n) is 13.3. The number of nitrogens with zero attached hydrogens (tertiary/aromatic N) is 5. The average Bonchev–Trinajstić information content (AvgIpc) is 3.98. The maximum absolute atomic E-state index is 15.7. The van der Waals surface area contributed by atoms with E-state index in [9.17, 15) is 32.0 Å². The fraction of sp³-hybridized carbons (Fsp3) is 0.356. The van der Waals surface area contributed by atoms with Crippen LogP contribution in [0.4, 0.5) is 24.5 Å². The lowest BCUT2D eigenvalue weighted by Gasteiger charge is -2.48. The van der Waals surface area contributed by atoms with Gasteiger partial charge in [0.05, 0.1) is 11.3 Å². The molecule has 14 nitrogen and oxygen atoms in total. The van der Waals surface area contributed by atoms with Gasteiger partial charge < -0.3 is 14.8 Å². The van der Waals surface area contributed by atoms with Gasteiger partial charge in [0.25, 0.3) is 5.91 Å². The molecule has 63 heavy (non-hydrogen) atoms. The number of alkyl halides is 1. The number of likely N-dealkylation sites (tertiary alicyclic amines) is 1. The number of H-pyrrole nitrogens is 1. The predicted octanol–water partition coefficient (Wildman–Crippen LogP) is 5.27. The van der Waals surface area contributed by atoms with E-state index in [0.717, 1.165) is 72.3 Å². The van der Waals surface area contributed by atoms with Crippen LogP contribution in [0.2, 0.25) is 0 Å². The number of piperidine rings is 2. The van der Waals surface area contributed by atoms with Crippen LogP contribution in [0, 0.1) is 11.6 Å². The van der Waals surface area contributed by atoms with Crippen LogP contribution in [-0.4, -0.2) is 114 Å². The Hall–Kier alpha value is -6.11. The molecule has 326 valence electrons. The molecule has 0 radical (unpaired) electrons. The van der Waals surface area contributed by atoms with E-state index in [2.05, 4.69) is 43.3 Å². The molecule has 7 heterocycles. The van der Waals surface area contributed by atoms with Gasteiger partial charge in [-0.2, -0.15) is 12.7 Å². The van der Waals surface area contributed by atoms with E-state index in [1.165, 1.54) is 11.8 Å². The lowest BCUT2D eigenvalue weighted by Crippen LogP contribution is -2.60. The molecule has 5 aromatic rings. The van der Waals surface area contributed by atoms with Crippen LogP contribution in [0.3, 0.4) is 0 Å². The molecule has 5 aliphatic heterocycles. The largest absolute Gasteiger partial charge is 0.368 e. The number of aromatic amines is 1. The second-order valence-corrected chi connectivity index (χ2v) is 18.7. The molecule has 2 aromatic heterocycles. The number of nitrogens with one attached hydrogen (secondary N) is 3. The summed E-state index contributed by atoms with van der Waals surface area (Å²) < 4.78 is 73.1. The van der Waals surface area contributed by atoms with Crippen LogP contribution in [0.15, 0.2) is 73.1 Å². The first-order valence-electron chi connectivity index (χ1n) is 21.1. The molecular formula is C45H43F3N8O6S. The summed E-state index contributed by atoms with van der Waals surface area (Å²) in [5, 5.41) is 2.69. The highest BCUT2D eigenvalue weighted by molar-refractivity contribution is 7.90. The van der Waals surface area contributed by atoms with E-state index in [0.29, 0.717) is 47.1 Å². The van der Waals surface area contributed by atoms with Crippen molar-refractivity contribution in [3.05, 3.63) is 113 Å². The SMILES string of the molecule is O=C1CCC(N2Cc3cc(N4CC(N5CCC(c6ccc(-c7cnc8[nH]cc(C(=O)c9c(F)ccc(NS(=O)(=O)N%10CC[C@@H](F)C%10)c9F)c8c7)cc6)CC5)C4)ccc3C2=O)C(=O)N1. The number of ketones is 1. The lowest BCUT2D eigenvalue weighted by molar-refractivity contribution is -0.136. The molecule has 0 spiro atoms. The summed E-state index contributed by atoms with van der Waals surface area (Å²) >= 11 is 0. The van der Waals surface area contributed by atoms with E-state index in [4.69, 9.17) is 0 Å². The Labute approximate surface area is 360 Å². The van der Waals surface area contributed by atoms with Crippen LogP contribution in [-0.2, 0) is 26.3 Å². The smallest absolute Gasteiger partial charge is 0.301 e. The molecule has 3 N–H and O–H groups in total. The molecule has 1 unspecified atom stereocenters. The first-order chi connectivity index (χ1) is 30.3. The normalized spacial score (nSPS) is 21.5. The van der Waals surface area contributed by atoms with Crippen molar-refractivity contribution in [3.8, 4) is 11.1 Å². The van der Waals surface area contributed by atoms with Crippen molar-refractivity contribution >= 4 is 56.1 Å². The zero-order chi connectivity index (χ0) is 43.7. The highest BCUT2D eigenvalue weighted by Crippen LogP contribution is 2.36. The molecule has 18 heteroatoms. The standard InChI is InChI=1S/C45H43F3N8O6S/c46-30-13-16-55(22-30)63(61,62)52-37-8-7-36(47)40(41(37)48)42(58)35-20-50-43-34(35)18-28(19-49-43)26-3-1-25(2-4-26)27-11-14-53(15-12-27)32-23-54(24-32)31-5-6-33-29(17-31)21-56(45(33)60)38-9-10-39(57)51-44(38)59/h1-8,17-20,27,30,32,38,52H,9-16,21-24H2,(H,49,50)(H,51,57,59)/t30-,38?/m1/s1. The minimum Gasteiger partial charge on any atom is -0.368 e. The number of halogens is 3. The third-order valence-corrected chi connectivity index (χ3v) is 14.8. The molecule has 10 rings (SSSR count). The molecule has 5 aliphatic rings. The molecular weight excluding hydrogens is 838 g/mol. The van der Waals surface area contributed by atoms with E-state index in [1.807, 2.05) is 29.0 Å². The molecule has 4 saturated heterocycles. The second-order valence-electron chi connectivity index (χ2n) is 17.0. The van der Waals surface area contributed by atoms with Gasteiger partial charge in [-0.25, -0.2) is 18.2 Å². The molecule has 3 amide bonds. The topological polar surface area (TPSA) is 168 Å². The van der Waals surface area contributed by atoms with Gasteiger partial charge in [-0.15, -0.1) is 0 Å². The fourth-order valence-corrected chi connectivity index (χ4v) is 10.9. The number of carbonyl (C=O) groups excluding carboxylic acids is 4. The maximum atomic E-state index is 15.7. The average molecular weight is 881 g/mol. The second kappa shape index (κ2) is 15.9.